The second kappa shape index (κ2) is 10.2. The van der Waals surface area contributed by atoms with Crippen LogP contribution in [0, 0.1) is 6.92 Å². The molecule has 1 N–H and O–H groups in total. The van der Waals surface area contributed by atoms with Crippen LogP contribution in [0.5, 0.6) is 11.5 Å². The van der Waals surface area contributed by atoms with Crippen molar-refractivity contribution >= 4 is 17.7 Å². The molecule has 0 aliphatic heterocycles. The Bertz CT molecular complexity index is 991. The van der Waals surface area contributed by atoms with Crippen molar-refractivity contribution in [1.29, 1.82) is 0 Å². The largest absolute Gasteiger partial charge is 0.493 e. The van der Waals surface area contributed by atoms with Gasteiger partial charge in [0.05, 0.1) is 18.9 Å². The topological polar surface area (TPSA) is 78.3 Å². The number of aryl methyl sites for hydroxylation is 1. The summed E-state index contributed by atoms with van der Waals surface area (Å²) in [5.74, 6) is 2.20. The Balaban J connectivity index is 1.53. The molecule has 0 aliphatic rings. The number of ether oxygens (including phenoxy) is 2. The van der Waals surface area contributed by atoms with Gasteiger partial charge in [0.2, 0.25) is 5.91 Å². The van der Waals surface area contributed by atoms with Gasteiger partial charge in [0.15, 0.2) is 22.5 Å². The Morgan fingerprint density at radius 2 is 1.93 bits per heavy atom. The van der Waals surface area contributed by atoms with Gasteiger partial charge in [0.1, 0.15) is 6.61 Å². The van der Waals surface area contributed by atoms with E-state index in [1.54, 1.807) is 7.11 Å². The van der Waals surface area contributed by atoms with Crippen LogP contribution < -0.4 is 14.8 Å². The molecule has 8 heteroatoms. The van der Waals surface area contributed by atoms with Crippen LogP contribution in [-0.4, -0.2) is 33.5 Å². The molecule has 3 aromatic rings. The molecule has 0 spiro atoms. The van der Waals surface area contributed by atoms with Crippen LogP contribution in [-0.2, 0) is 18.4 Å². The van der Waals surface area contributed by atoms with E-state index in [0.717, 1.165) is 11.1 Å². The summed E-state index contributed by atoms with van der Waals surface area (Å²) >= 11 is 1.34. The maximum absolute atomic E-state index is 12.3. The fourth-order valence-electron chi connectivity index (χ4n) is 2.87. The first-order chi connectivity index (χ1) is 14.5. The zero-order chi connectivity index (χ0) is 21.5. The van der Waals surface area contributed by atoms with Crippen LogP contribution in [0.2, 0.25) is 0 Å². The van der Waals surface area contributed by atoms with Crippen LogP contribution in [0.4, 0.5) is 0 Å². The van der Waals surface area contributed by atoms with E-state index in [4.69, 9.17) is 9.47 Å². The normalized spacial score (nSPS) is 11.7. The number of thioether (sulfide) groups is 1. The lowest BCUT2D eigenvalue weighted by molar-refractivity contribution is -0.119. The summed E-state index contributed by atoms with van der Waals surface area (Å²) in [7, 11) is 3.47. The fraction of sp³-hybridized carbons (Fsp3) is 0.318. The molecular formula is C22H26N4O3S. The summed E-state index contributed by atoms with van der Waals surface area (Å²) in [6.45, 7) is 4.21. The fourth-order valence-corrected chi connectivity index (χ4v) is 3.61. The molecular weight excluding hydrogens is 400 g/mol. The van der Waals surface area contributed by atoms with Gasteiger partial charge in [0.25, 0.3) is 0 Å². The lowest BCUT2D eigenvalue weighted by Crippen LogP contribution is -2.28. The van der Waals surface area contributed by atoms with Crippen LogP contribution in [0.3, 0.4) is 0 Å². The third kappa shape index (κ3) is 5.54. The van der Waals surface area contributed by atoms with Crippen molar-refractivity contribution in [3.8, 4) is 11.5 Å². The van der Waals surface area contributed by atoms with E-state index < -0.39 is 0 Å². The molecule has 0 aliphatic carbocycles. The lowest BCUT2D eigenvalue weighted by Gasteiger charge is -2.14. The van der Waals surface area contributed by atoms with Crippen LogP contribution in [0.25, 0.3) is 0 Å². The Kier molecular flexibility index (Phi) is 7.35. The number of rotatable bonds is 9. The number of nitrogens with one attached hydrogen (secondary N) is 1. The molecule has 7 nitrogen and oxygen atoms in total. The van der Waals surface area contributed by atoms with E-state index in [2.05, 4.69) is 15.5 Å². The van der Waals surface area contributed by atoms with Crippen LogP contribution in [0.15, 0.2) is 53.7 Å². The van der Waals surface area contributed by atoms with Crippen molar-refractivity contribution in [2.45, 2.75) is 31.7 Å². The minimum atomic E-state index is -0.0541. The zero-order valence-corrected chi connectivity index (χ0v) is 18.4. The van der Waals surface area contributed by atoms with Gasteiger partial charge in [-0.05, 0) is 37.1 Å². The SMILES string of the molecule is COc1cc(C)ccc1OCc1nnc(SCC(=O)NC(C)c2ccccc2)n1C. The highest BCUT2D eigenvalue weighted by Gasteiger charge is 2.14. The molecule has 158 valence electrons. The number of hydrogen-bond acceptors (Lipinski definition) is 6. The van der Waals surface area contributed by atoms with E-state index in [0.29, 0.717) is 22.5 Å². The first-order valence-electron chi connectivity index (χ1n) is 9.60. The number of amides is 1. The predicted molar refractivity (Wildman–Crippen MR) is 117 cm³/mol. The molecule has 3 rings (SSSR count). The molecule has 30 heavy (non-hydrogen) atoms. The molecule has 2 aromatic carbocycles. The summed E-state index contributed by atoms with van der Waals surface area (Å²) in [5, 5.41) is 12.0. The third-order valence-corrected chi connectivity index (χ3v) is 5.63. The van der Waals surface area contributed by atoms with Crippen molar-refractivity contribution < 1.29 is 14.3 Å². The van der Waals surface area contributed by atoms with Gasteiger partial charge in [-0.3, -0.25) is 4.79 Å². The molecule has 1 heterocycles. The Morgan fingerprint density at radius 1 is 1.17 bits per heavy atom. The van der Waals surface area contributed by atoms with Gasteiger partial charge < -0.3 is 19.4 Å². The summed E-state index contributed by atoms with van der Waals surface area (Å²) in [5.41, 5.74) is 2.16. The van der Waals surface area contributed by atoms with Gasteiger partial charge in [-0.1, -0.05) is 48.2 Å². The highest BCUT2D eigenvalue weighted by atomic mass is 32.2. The highest BCUT2D eigenvalue weighted by molar-refractivity contribution is 7.99. The molecule has 0 saturated heterocycles. The van der Waals surface area contributed by atoms with Gasteiger partial charge in [0, 0.05) is 7.05 Å². The Morgan fingerprint density at radius 3 is 2.67 bits per heavy atom. The zero-order valence-electron chi connectivity index (χ0n) is 17.6. The van der Waals surface area contributed by atoms with E-state index in [1.165, 1.54) is 11.8 Å². The average molecular weight is 427 g/mol. The maximum atomic E-state index is 12.3. The molecule has 0 bridgehead atoms. The van der Waals surface area contributed by atoms with Crippen LogP contribution >= 0.6 is 11.8 Å². The minimum Gasteiger partial charge on any atom is -0.493 e. The van der Waals surface area contributed by atoms with E-state index >= 15 is 0 Å². The number of carbonyl (C=O) groups excluding carboxylic acids is 1. The molecule has 1 amide bonds. The van der Waals surface area contributed by atoms with Gasteiger partial charge in [-0.25, -0.2) is 0 Å². The van der Waals surface area contributed by atoms with Gasteiger partial charge in [-0.2, -0.15) is 0 Å². The standard InChI is InChI=1S/C22H26N4O3S/c1-15-10-11-18(19(12-15)28-4)29-13-20-24-25-22(26(20)3)30-14-21(27)23-16(2)17-8-6-5-7-9-17/h5-12,16H,13-14H2,1-4H3,(H,23,27). The second-order valence-electron chi connectivity index (χ2n) is 6.89. The molecule has 0 saturated carbocycles. The van der Waals surface area contributed by atoms with Gasteiger partial charge in [-0.15, -0.1) is 10.2 Å². The molecule has 0 radical (unpaired) electrons. The highest BCUT2D eigenvalue weighted by Crippen LogP contribution is 2.28. The predicted octanol–water partition coefficient (Wildman–Crippen LogP) is 3.68. The average Bonchev–Trinajstić information content (AvgIpc) is 3.11. The number of hydrogen-bond donors (Lipinski definition) is 1. The first kappa shape index (κ1) is 21.7. The number of methoxy groups -OCH3 is 1. The molecule has 0 fully saturated rings. The summed E-state index contributed by atoms with van der Waals surface area (Å²) < 4.78 is 13.0. The third-order valence-electron chi connectivity index (χ3n) is 4.61. The quantitative estimate of drug-likeness (QED) is 0.526. The van der Waals surface area contributed by atoms with E-state index in [-0.39, 0.29) is 24.3 Å². The minimum absolute atomic E-state index is 0.0488. The van der Waals surface area contributed by atoms with Crippen molar-refractivity contribution in [3.05, 3.63) is 65.5 Å². The smallest absolute Gasteiger partial charge is 0.230 e. The van der Waals surface area contributed by atoms with Crippen molar-refractivity contribution in [2.75, 3.05) is 12.9 Å². The van der Waals surface area contributed by atoms with E-state index in [1.807, 2.05) is 74.0 Å². The number of nitrogens with zero attached hydrogens (tertiary/aromatic N) is 3. The van der Waals surface area contributed by atoms with Crippen molar-refractivity contribution in [3.63, 3.8) is 0 Å². The second-order valence-corrected chi connectivity index (χ2v) is 7.83. The number of benzene rings is 2. The number of carbonyl (C=O) groups is 1. The lowest BCUT2D eigenvalue weighted by atomic mass is 10.1. The maximum Gasteiger partial charge on any atom is 0.230 e. The summed E-state index contributed by atoms with van der Waals surface area (Å²) in [6, 6.07) is 15.6. The molecule has 1 atom stereocenters. The van der Waals surface area contributed by atoms with Crippen molar-refractivity contribution in [1.82, 2.24) is 20.1 Å². The van der Waals surface area contributed by atoms with Crippen molar-refractivity contribution in [2.24, 2.45) is 7.05 Å². The molecule has 1 unspecified atom stereocenters. The monoisotopic (exact) mass is 426 g/mol. The summed E-state index contributed by atoms with van der Waals surface area (Å²) in [6.07, 6.45) is 0. The summed E-state index contributed by atoms with van der Waals surface area (Å²) in [4.78, 5) is 12.3. The molecule has 1 aromatic heterocycles. The van der Waals surface area contributed by atoms with E-state index in [9.17, 15) is 4.79 Å². The van der Waals surface area contributed by atoms with Gasteiger partial charge >= 0.3 is 0 Å². The first-order valence-corrected chi connectivity index (χ1v) is 10.6. The number of aromatic nitrogens is 3. The Hall–Kier alpha value is -3.00. The Labute approximate surface area is 180 Å². The van der Waals surface area contributed by atoms with Crippen LogP contribution in [0.1, 0.15) is 29.9 Å².